The van der Waals surface area contributed by atoms with E-state index in [9.17, 15) is 19.7 Å². The van der Waals surface area contributed by atoms with Gasteiger partial charge in [-0.05, 0) is 31.0 Å². The predicted molar refractivity (Wildman–Crippen MR) is 89.8 cm³/mol. The number of carbonyl (C=O) groups is 2. The van der Waals surface area contributed by atoms with Gasteiger partial charge in [-0.25, -0.2) is 0 Å². The van der Waals surface area contributed by atoms with E-state index in [1.807, 2.05) is 31.2 Å². The molecule has 1 heterocycles. The second-order valence-corrected chi connectivity index (χ2v) is 5.69. The summed E-state index contributed by atoms with van der Waals surface area (Å²) in [6.45, 7) is 2.41. The molecule has 0 bridgehead atoms. The van der Waals surface area contributed by atoms with Gasteiger partial charge in [-0.15, -0.1) is 0 Å². The van der Waals surface area contributed by atoms with Crippen LogP contribution >= 0.6 is 0 Å². The highest BCUT2D eigenvalue weighted by Gasteiger charge is 2.40. The van der Waals surface area contributed by atoms with Crippen LogP contribution in [-0.2, 0) is 0 Å². The maximum Gasteiger partial charge on any atom is 0.282 e. The molecule has 0 aliphatic carbocycles. The number of amides is 2. The van der Waals surface area contributed by atoms with E-state index in [1.165, 1.54) is 18.2 Å². The zero-order valence-corrected chi connectivity index (χ0v) is 13.6. The third kappa shape index (κ3) is 3.08. The minimum Gasteiger partial charge on any atom is -0.493 e. The zero-order valence-electron chi connectivity index (χ0n) is 13.6. The molecule has 0 saturated carbocycles. The highest BCUT2D eigenvalue weighted by atomic mass is 16.6. The first kappa shape index (κ1) is 16.6. The van der Waals surface area contributed by atoms with Gasteiger partial charge in [0, 0.05) is 12.6 Å². The number of para-hydroxylation sites is 1. The van der Waals surface area contributed by atoms with Crippen molar-refractivity contribution in [3.63, 3.8) is 0 Å². The predicted octanol–water partition coefficient (Wildman–Crippen LogP) is 2.97. The Kier molecular flexibility index (Phi) is 4.47. The van der Waals surface area contributed by atoms with Crippen molar-refractivity contribution in [3.05, 3.63) is 69.3 Å². The summed E-state index contributed by atoms with van der Waals surface area (Å²) in [6, 6.07) is 11.6. The Morgan fingerprint density at radius 1 is 1.08 bits per heavy atom. The molecule has 0 unspecified atom stereocenters. The second-order valence-electron chi connectivity index (χ2n) is 5.69. The van der Waals surface area contributed by atoms with Crippen molar-refractivity contribution in [3.8, 4) is 5.75 Å². The SMILES string of the molecule is Cc1ccccc1OCCCN1C(=O)c2cccc([N+](=O)[O-])c2C1=O. The highest BCUT2D eigenvalue weighted by molar-refractivity contribution is 6.23. The van der Waals surface area contributed by atoms with E-state index in [0.29, 0.717) is 13.0 Å². The smallest absolute Gasteiger partial charge is 0.282 e. The molecule has 1 aliphatic rings. The van der Waals surface area contributed by atoms with E-state index in [0.717, 1.165) is 16.2 Å². The van der Waals surface area contributed by atoms with E-state index < -0.39 is 16.7 Å². The minimum absolute atomic E-state index is 0.0824. The van der Waals surface area contributed by atoms with Gasteiger partial charge in [0.2, 0.25) is 0 Å². The maximum absolute atomic E-state index is 12.4. The van der Waals surface area contributed by atoms with Crippen LogP contribution in [0.1, 0.15) is 32.7 Å². The fraction of sp³-hybridized carbons (Fsp3) is 0.222. The van der Waals surface area contributed by atoms with Crippen LogP contribution in [0.5, 0.6) is 5.75 Å². The van der Waals surface area contributed by atoms with E-state index >= 15 is 0 Å². The van der Waals surface area contributed by atoms with E-state index in [-0.39, 0.29) is 23.4 Å². The molecular formula is C18H16N2O5. The number of imide groups is 1. The number of ether oxygens (including phenoxy) is 1. The molecule has 0 radical (unpaired) electrons. The van der Waals surface area contributed by atoms with Crippen LogP contribution in [0.3, 0.4) is 0 Å². The molecule has 0 aromatic heterocycles. The number of aryl methyl sites for hydroxylation is 1. The van der Waals surface area contributed by atoms with Gasteiger partial charge in [0.1, 0.15) is 11.3 Å². The van der Waals surface area contributed by atoms with E-state index in [4.69, 9.17) is 4.74 Å². The molecule has 0 spiro atoms. The largest absolute Gasteiger partial charge is 0.493 e. The van der Waals surface area contributed by atoms with Crippen molar-refractivity contribution < 1.29 is 19.2 Å². The number of carbonyl (C=O) groups excluding carboxylic acids is 2. The zero-order chi connectivity index (χ0) is 18.0. The lowest BCUT2D eigenvalue weighted by molar-refractivity contribution is -0.385. The first-order valence-corrected chi connectivity index (χ1v) is 7.82. The summed E-state index contributed by atoms with van der Waals surface area (Å²) >= 11 is 0. The number of fused-ring (bicyclic) bond motifs is 1. The molecule has 128 valence electrons. The summed E-state index contributed by atoms with van der Waals surface area (Å²) in [5, 5.41) is 11.1. The van der Waals surface area contributed by atoms with Crippen molar-refractivity contribution in [2.45, 2.75) is 13.3 Å². The summed E-state index contributed by atoms with van der Waals surface area (Å²) in [5.74, 6) is -0.372. The van der Waals surface area contributed by atoms with Crippen molar-refractivity contribution in [1.29, 1.82) is 0 Å². The van der Waals surface area contributed by atoms with Gasteiger partial charge in [-0.2, -0.15) is 0 Å². The highest BCUT2D eigenvalue weighted by Crippen LogP contribution is 2.30. The van der Waals surface area contributed by atoms with Crippen LogP contribution in [0, 0.1) is 17.0 Å². The quantitative estimate of drug-likeness (QED) is 0.349. The van der Waals surface area contributed by atoms with Gasteiger partial charge in [0.25, 0.3) is 17.5 Å². The molecule has 2 aromatic carbocycles. The Morgan fingerprint density at radius 2 is 1.84 bits per heavy atom. The minimum atomic E-state index is -0.644. The first-order chi connectivity index (χ1) is 12.0. The summed E-state index contributed by atoms with van der Waals surface area (Å²) in [6.07, 6.45) is 0.438. The lowest BCUT2D eigenvalue weighted by Gasteiger charge is -2.14. The molecule has 7 heteroatoms. The fourth-order valence-corrected chi connectivity index (χ4v) is 2.79. The van der Waals surface area contributed by atoms with Gasteiger partial charge >= 0.3 is 0 Å². The van der Waals surface area contributed by atoms with E-state index in [2.05, 4.69) is 0 Å². The van der Waals surface area contributed by atoms with Crippen molar-refractivity contribution in [2.24, 2.45) is 0 Å². The van der Waals surface area contributed by atoms with Crippen LogP contribution in [0.4, 0.5) is 5.69 Å². The molecule has 25 heavy (non-hydrogen) atoms. The fourth-order valence-electron chi connectivity index (χ4n) is 2.79. The van der Waals surface area contributed by atoms with Gasteiger partial charge in [-0.3, -0.25) is 24.6 Å². The Labute approximate surface area is 144 Å². The molecule has 2 amide bonds. The normalized spacial score (nSPS) is 13.1. The van der Waals surface area contributed by atoms with Crippen LogP contribution in [0.2, 0.25) is 0 Å². The monoisotopic (exact) mass is 340 g/mol. The van der Waals surface area contributed by atoms with Crippen LogP contribution in [0.15, 0.2) is 42.5 Å². The number of nitrogens with zero attached hydrogens (tertiary/aromatic N) is 2. The molecular weight excluding hydrogens is 324 g/mol. The first-order valence-electron chi connectivity index (χ1n) is 7.82. The van der Waals surface area contributed by atoms with Gasteiger partial charge in [0.15, 0.2) is 0 Å². The summed E-state index contributed by atoms with van der Waals surface area (Å²) < 4.78 is 5.65. The molecule has 7 nitrogen and oxygen atoms in total. The molecule has 0 N–H and O–H groups in total. The second kappa shape index (κ2) is 6.72. The van der Waals surface area contributed by atoms with Crippen LogP contribution in [0.25, 0.3) is 0 Å². The Balaban J connectivity index is 1.66. The van der Waals surface area contributed by atoms with E-state index in [1.54, 1.807) is 0 Å². The van der Waals surface area contributed by atoms with Crippen molar-refractivity contribution in [1.82, 2.24) is 4.90 Å². The number of hydrogen-bond acceptors (Lipinski definition) is 5. The third-order valence-corrected chi connectivity index (χ3v) is 4.05. The average Bonchev–Trinajstić information content (AvgIpc) is 2.84. The number of rotatable bonds is 6. The summed E-state index contributed by atoms with van der Waals surface area (Å²) in [4.78, 5) is 36.2. The van der Waals surface area contributed by atoms with Crippen molar-refractivity contribution >= 4 is 17.5 Å². The molecule has 0 fully saturated rings. The number of nitro benzene ring substituents is 1. The van der Waals surface area contributed by atoms with Crippen LogP contribution < -0.4 is 4.74 Å². The number of benzene rings is 2. The lowest BCUT2D eigenvalue weighted by Crippen LogP contribution is -2.31. The standard InChI is InChI=1S/C18H16N2O5/c1-12-6-2-3-9-15(12)25-11-5-10-19-17(21)13-7-4-8-14(20(23)24)16(13)18(19)22/h2-4,6-9H,5,10-11H2,1H3. The lowest BCUT2D eigenvalue weighted by atomic mass is 10.1. The van der Waals surface area contributed by atoms with Crippen LogP contribution in [-0.4, -0.2) is 34.8 Å². The maximum atomic E-state index is 12.4. The Morgan fingerprint density at radius 3 is 2.56 bits per heavy atom. The Bertz CT molecular complexity index is 862. The van der Waals surface area contributed by atoms with Gasteiger partial charge < -0.3 is 4.74 Å². The average molecular weight is 340 g/mol. The Hall–Kier alpha value is -3.22. The van der Waals surface area contributed by atoms with Gasteiger partial charge in [0.05, 0.1) is 17.1 Å². The number of nitro groups is 1. The number of hydrogen-bond donors (Lipinski definition) is 0. The molecule has 0 saturated heterocycles. The topological polar surface area (TPSA) is 89.8 Å². The molecule has 0 atom stereocenters. The summed E-state index contributed by atoms with van der Waals surface area (Å²) in [5.41, 5.74) is 0.615. The molecule has 2 aromatic rings. The van der Waals surface area contributed by atoms with Crippen molar-refractivity contribution in [2.75, 3.05) is 13.2 Å². The summed E-state index contributed by atoms with van der Waals surface area (Å²) in [7, 11) is 0. The van der Waals surface area contributed by atoms with Gasteiger partial charge in [-0.1, -0.05) is 24.3 Å². The molecule has 3 rings (SSSR count). The third-order valence-electron chi connectivity index (χ3n) is 4.05. The molecule has 1 aliphatic heterocycles.